The minimum atomic E-state index is -4.47. The Labute approximate surface area is 195 Å². The highest BCUT2D eigenvalue weighted by Crippen LogP contribution is 2.35. The number of aliphatic imine (C=N–C) groups is 1. The molecule has 1 unspecified atom stereocenters. The summed E-state index contributed by atoms with van der Waals surface area (Å²) in [6, 6.07) is 10.2. The molecule has 9 heteroatoms. The van der Waals surface area contributed by atoms with Gasteiger partial charge in [-0.05, 0) is 61.1 Å². The molecular weight excluding hydrogens is 450 g/mol. The van der Waals surface area contributed by atoms with Crippen molar-refractivity contribution in [3.63, 3.8) is 0 Å². The molecule has 4 rings (SSSR count). The third-order valence-electron chi connectivity index (χ3n) is 5.99. The van der Waals surface area contributed by atoms with Crippen LogP contribution in [0, 0.1) is 11.7 Å². The molecule has 1 aliphatic heterocycles. The summed E-state index contributed by atoms with van der Waals surface area (Å²) in [6.45, 7) is 2.31. The average Bonchev–Trinajstić information content (AvgIpc) is 3.63. The van der Waals surface area contributed by atoms with Gasteiger partial charge in [0.1, 0.15) is 5.82 Å². The molecule has 0 bridgehead atoms. The van der Waals surface area contributed by atoms with E-state index in [0.29, 0.717) is 35.2 Å². The normalized spacial score (nSPS) is 19.9. The quantitative estimate of drug-likeness (QED) is 0.461. The molecule has 0 aromatic heterocycles. The van der Waals surface area contributed by atoms with Gasteiger partial charge in [0, 0.05) is 12.2 Å². The fourth-order valence-corrected chi connectivity index (χ4v) is 3.97. The number of esters is 1. The first kappa shape index (κ1) is 23.8. The van der Waals surface area contributed by atoms with Gasteiger partial charge in [-0.15, -0.1) is 0 Å². The molecule has 180 valence electrons. The lowest BCUT2D eigenvalue weighted by molar-refractivity contribution is -0.138. The first-order chi connectivity index (χ1) is 16.2. The van der Waals surface area contributed by atoms with Crippen molar-refractivity contribution in [2.45, 2.75) is 38.5 Å². The van der Waals surface area contributed by atoms with Crippen LogP contribution >= 0.6 is 0 Å². The molecule has 0 amide bonds. The molecule has 1 fully saturated rings. The van der Waals surface area contributed by atoms with E-state index in [4.69, 9.17) is 9.73 Å². The van der Waals surface area contributed by atoms with Crippen LogP contribution in [0.5, 0.6) is 0 Å². The van der Waals surface area contributed by atoms with E-state index in [0.717, 1.165) is 25.0 Å². The van der Waals surface area contributed by atoms with Gasteiger partial charge in [0.2, 0.25) is 0 Å². The van der Waals surface area contributed by atoms with Crippen molar-refractivity contribution in [2.75, 3.05) is 13.7 Å². The van der Waals surface area contributed by atoms with E-state index in [1.807, 2.05) is 0 Å². The Morgan fingerprint density at radius 2 is 1.91 bits per heavy atom. The van der Waals surface area contributed by atoms with E-state index in [1.54, 1.807) is 30.0 Å². The van der Waals surface area contributed by atoms with Gasteiger partial charge in [-0.3, -0.25) is 4.99 Å². The Morgan fingerprint density at radius 3 is 2.56 bits per heavy atom. The molecule has 2 aromatic carbocycles. The molecule has 2 aromatic rings. The molecule has 0 radical (unpaired) electrons. The third kappa shape index (κ3) is 5.24. The van der Waals surface area contributed by atoms with Crippen molar-refractivity contribution in [3.05, 3.63) is 82.3 Å². The molecule has 1 atom stereocenters. The number of alkyl halides is 3. The zero-order valence-electron chi connectivity index (χ0n) is 18.8. The van der Waals surface area contributed by atoms with E-state index in [1.165, 1.54) is 25.3 Å². The van der Waals surface area contributed by atoms with E-state index in [9.17, 15) is 22.4 Å². The zero-order valence-corrected chi connectivity index (χ0v) is 18.8. The molecule has 5 nitrogen and oxygen atoms in total. The third-order valence-corrected chi connectivity index (χ3v) is 5.99. The lowest BCUT2D eigenvalue weighted by Gasteiger charge is -2.38. The minimum absolute atomic E-state index is 0.0582. The Hall–Kier alpha value is -3.36. The van der Waals surface area contributed by atoms with Crippen molar-refractivity contribution in [1.29, 1.82) is 0 Å². The van der Waals surface area contributed by atoms with E-state index in [-0.39, 0.29) is 12.1 Å². The number of nitrogens with one attached hydrogen (secondary N) is 1. The van der Waals surface area contributed by atoms with Crippen LogP contribution < -0.4 is 5.32 Å². The first-order valence-corrected chi connectivity index (χ1v) is 11.0. The highest BCUT2D eigenvalue weighted by atomic mass is 19.4. The van der Waals surface area contributed by atoms with Crippen LogP contribution in [0.25, 0.3) is 0 Å². The lowest BCUT2D eigenvalue weighted by atomic mass is 9.94. The fourth-order valence-electron chi connectivity index (χ4n) is 3.97. The van der Waals surface area contributed by atoms with Crippen LogP contribution in [-0.4, -0.2) is 30.5 Å². The van der Waals surface area contributed by atoms with Gasteiger partial charge < -0.3 is 15.0 Å². The summed E-state index contributed by atoms with van der Waals surface area (Å²) in [5.41, 5.74) is 0.886. The topological polar surface area (TPSA) is 53.9 Å². The number of guanidine groups is 1. The van der Waals surface area contributed by atoms with Gasteiger partial charge in [-0.2, -0.15) is 13.2 Å². The number of hydrogen-bond donors (Lipinski definition) is 1. The van der Waals surface area contributed by atoms with Crippen LogP contribution in [0.15, 0.2) is 64.8 Å². The van der Waals surface area contributed by atoms with E-state index < -0.39 is 29.6 Å². The Balaban J connectivity index is 1.78. The zero-order chi connectivity index (χ0) is 24.5. The number of carbonyl (C=O) groups excluding carboxylic acids is 1. The largest absolute Gasteiger partial charge is 0.466 e. The number of benzene rings is 2. The summed E-state index contributed by atoms with van der Waals surface area (Å²) in [7, 11) is 1.25. The predicted octanol–water partition coefficient (Wildman–Crippen LogP) is 5.20. The van der Waals surface area contributed by atoms with E-state index >= 15 is 0 Å². The summed E-state index contributed by atoms with van der Waals surface area (Å²) >= 11 is 0. The van der Waals surface area contributed by atoms with E-state index in [2.05, 4.69) is 5.32 Å². The second-order valence-corrected chi connectivity index (χ2v) is 8.51. The van der Waals surface area contributed by atoms with Crippen LogP contribution in [0.4, 0.5) is 17.6 Å². The number of rotatable bonds is 6. The highest BCUT2D eigenvalue weighted by Gasteiger charge is 2.36. The van der Waals surface area contributed by atoms with Crippen LogP contribution in [0.1, 0.15) is 42.5 Å². The standard InChI is InChI=1S/C25H25F4N3O2/c1-15-21(23(33)34-2)22(18-6-4-8-20(26)12-18)31-24(30-13-16-9-10-16)32(15)14-17-5-3-7-19(11-17)25(27,28)29/h3-8,11-12,16,22H,9-10,13-14H2,1-2H3,(H,30,31). The molecule has 1 heterocycles. The maximum absolute atomic E-state index is 14.0. The average molecular weight is 475 g/mol. The monoisotopic (exact) mass is 475 g/mol. The van der Waals surface area contributed by atoms with Gasteiger partial charge >= 0.3 is 12.1 Å². The summed E-state index contributed by atoms with van der Waals surface area (Å²) in [5.74, 6) is -0.189. The molecule has 34 heavy (non-hydrogen) atoms. The molecule has 0 saturated heterocycles. The predicted molar refractivity (Wildman–Crippen MR) is 119 cm³/mol. The van der Waals surface area contributed by atoms with Crippen LogP contribution in [0.3, 0.4) is 0 Å². The number of hydrogen-bond acceptors (Lipinski definition) is 3. The fraction of sp³-hybridized carbons (Fsp3) is 0.360. The second kappa shape index (κ2) is 9.48. The SMILES string of the molecule is COC(=O)C1=C(C)N(Cc2cccc(C(F)(F)F)c2)C(=NCC2CC2)NC1c1cccc(F)c1. The van der Waals surface area contributed by atoms with Gasteiger partial charge in [-0.1, -0.05) is 24.3 Å². The maximum Gasteiger partial charge on any atom is 0.416 e. The first-order valence-electron chi connectivity index (χ1n) is 11.0. The number of carbonyl (C=O) groups is 1. The van der Waals surface area contributed by atoms with Crippen LogP contribution in [0.2, 0.25) is 0 Å². The number of methoxy groups -OCH3 is 1. The van der Waals surface area contributed by atoms with Crippen molar-refractivity contribution < 1.29 is 27.1 Å². The van der Waals surface area contributed by atoms with Crippen molar-refractivity contribution in [2.24, 2.45) is 10.9 Å². The molecule has 1 N–H and O–H groups in total. The Morgan fingerprint density at radius 1 is 1.18 bits per heavy atom. The summed E-state index contributed by atoms with van der Waals surface area (Å²) < 4.78 is 58.7. The summed E-state index contributed by atoms with van der Waals surface area (Å²) in [4.78, 5) is 19.2. The Kier molecular flexibility index (Phi) is 6.63. The molecular formula is C25H25F4N3O2. The van der Waals surface area contributed by atoms with Crippen molar-refractivity contribution in [3.8, 4) is 0 Å². The van der Waals surface area contributed by atoms with Crippen LogP contribution in [-0.2, 0) is 22.3 Å². The van der Waals surface area contributed by atoms with Crippen molar-refractivity contribution >= 4 is 11.9 Å². The lowest BCUT2D eigenvalue weighted by Crippen LogP contribution is -2.48. The smallest absolute Gasteiger partial charge is 0.416 e. The minimum Gasteiger partial charge on any atom is -0.466 e. The summed E-state index contributed by atoms with van der Waals surface area (Å²) in [5, 5.41) is 3.22. The number of allylic oxidation sites excluding steroid dienone is 1. The second-order valence-electron chi connectivity index (χ2n) is 8.51. The van der Waals surface area contributed by atoms with Gasteiger partial charge in [0.15, 0.2) is 5.96 Å². The number of ether oxygens (including phenoxy) is 1. The maximum atomic E-state index is 14.0. The van der Waals surface area contributed by atoms with Gasteiger partial charge in [0.05, 0.1) is 30.8 Å². The molecule has 1 aliphatic carbocycles. The van der Waals surface area contributed by atoms with Crippen molar-refractivity contribution in [1.82, 2.24) is 10.2 Å². The summed E-state index contributed by atoms with van der Waals surface area (Å²) in [6.07, 6.45) is -2.33. The molecule has 0 spiro atoms. The number of halogens is 4. The highest BCUT2D eigenvalue weighted by molar-refractivity contribution is 5.96. The molecule has 1 saturated carbocycles. The van der Waals surface area contributed by atoms with Gasteiger partial charge in [-0.25, -0.2) is 9.18 Å². The Bertz CT molecular complexity index is 1140. The molecule has 2 aliphatic rings. The van der Waals surface area contributed by atoms with Gasteiger partial charge in [0.25, 0.3) is 0 Å². The number of nitrogens with zero attached hydrogens (tertiary/aromatic N) is 2.